The number of allylic oxidation sites excluding steroid dienone is 2. The minimum atomic E-state index is -2.77. The van der Waals surface area contributed by atoms with Crippen LogP contribution in [0.5, 0.6) is 0 Å². The Balaban J connectivity index is 2.73. The zero-order valence-corrected chi connectivity index (χ0v) is 14.8. The summed E-state index contributed by atoms with van der Waals surface area (Å²) in [4.78, 5) is 0. The second-order valence-corrected chi connectivity index (χ2v) is 10.4. The van der Waals surface area contributed by atoms with E-state index in [9.17, 15) is 4.57 Å². The highest BCUT2D eigenvalue weighted by atomic mass is 31.2. The molecule has 0 atom stereocenters. The van der Waals surface area contributed by atoms with Gasteiger partial charge in [0.15, 0.2) is 7.14 Å². The van der Waals surface area contributed by atoms with Gasteiger partial charge in [-0.3, -0.25) is 0 Å². The Labute approximate surface area is 128 Å². The van der Waals surface area contributed by atoms with E-state index in [0.717, 1.165) is 15.9 Å². The quantitative estimate of drug-likeness (QED) is 0.735. The molecule has 3 heteroatoms. The van der Waals surface area contributed by atoms with Crippen LogP contribution < -0.4 is 10.6 Å². The molecule has 1 aliphatic heterocycles. The number of rotatable bonds is 1. The molecule has 0 bridgehead atoms. The van der Waals surface area contributed by atoms with E-state index in [1.807, 2.05) is 42.7 Å². The molecule has 1 aromatic carbocycles. The van der Waals surface area contributed by atoms with Gasteiger partial charge < -0.3 is 9.88 Å². The van der Waals surface area contributed by atoms with Gasteiger partial charge in [0.1, 0.15) is 0 Å². The van der Waals surface area contributed by atoms with E-state index in [4.69, 9.17) is 0 Å². The van der Waals surface area contributed by atoms with Crippen LogP contribution in [0.1, 0.15) is 41.5 Å². The molecule has 1 aliphatic rings. The Morgan fingerprint density at radius 2 is 1.24 bits per heavy atom. The average molecular weight is 303 g/mol. The summed E-state index contributed by atoms with van der Waals surface area (Å²) in [6.45, 7) is 12.8. The van der Waals surface area contributed by atoms with Crippen LogP contribution in [-0.2, 0) is 4.57 Å². The molecule has 1 N–H and O–H groups in total. The van der Waals surface area contributed by atoms with Gasteiger partial charge in [0.2, 0.25) is 0 Å². The summed E-state index contributed by atoms with van der Waals surface area (Å²) in [5.74, 6) is 0. The first-order valence-corrected chi connectivity index (χ1v) is 9.13. The number of benzene rings is 1. The topological polar surface area (TPSA) is 29.1 Å². The molecule has 0 fully saturated rings. The molecule has 0 aromatic heterocycles. The Morgan fingerprint density at radius 1 is 0.810 bits per heavy atom. The minimum absolute atomic E-state index is 0.150. The third-order valence-corrected chi connectivity index (χ3v) is 7.76. The maximum atomic E-state index is 14.2. The van der Waals surface area contributed by atoms with Gasteiger partial charge in [-0.15, -0.1) is 0 Å². The molecule has 0 spiro atoms. The van der Waals surface area contributed by atoms with Crippen molar-refractivity contribution in [1.29, 1.82) is 0 Å². The molecule has 0 unspecified atom stereocenters. The zero-order chi connectivity index (χ0) is 15.9. The van der Waals surface area contributed by atoms with Gasteiger partial charge in [-0.25, -0.2) is 0 Å². The minimum Gasteiger partial charge on any atom is -0.367 e. The first-order chi connectivity index (χ1) is 9.58. The van der Waals surface area contributed by atoms with Crippen molar-refractivity contribution >= 4 is 12.4 Å². The summed E-state index contributed by atoms with van der Waals surface area (Å²) in [7, 11) is -2.77. The summed E-state index contributed by atoms with van der Waals surface area (Å²) in [6.07, 6.45) is 3.87. The van der Waals surface area contributed by atoms with Crippen molar-refractivity contribution in [3.63, 3.8) is 0 Å². The second-order valence-electron chi connectivity index (χ2n) is 7.67. The molecule has 2 rings (SSSR count). The summed E-state index contributed by atoms with van der Waals surface area (Å²) >= 11 is 0. The average Bonchev–Trinajstić information content (AvgIpc) is 2.37. The van der Waals surface area contributed by atoms with Crippen molar-refractivity contribution in [1.82, 2.24) is 5.32 Å². The van der Waals surface area contributed by atoms with Crippen LogP contribution in [0.3, 0.4) is 0 Å². The maximum Gasteiger partial charge on any atom is 0.167 e. The SMILES string of the molecule is CC(C)(C)C1=CNC=C(C(C)(C)C)P1(=O)c1ccccc1. The van der Waals surface area contributed by atoms with Gasteiger partial charge >= 0.3 is 0 Å². The van der Waals surface area contributed by atoms with Crippen LogP contribution in [0, 0.1) is 10.8 Å². The van der Waals surface area contributed by atoms with E-state index in [1.54, 1.807) is 0 Å². The van der Waals surface area contributed by atoms with Gasteiger partial charge in [0, 0.05) is 28.3 Å². The lowest BCUT2D eigenvalue weighted by Crippen LogP contribution is -2.27. The molecular formula is C18H26NOP. The first-order valence-electron chi connectivity index (χ1n) is 7.42. The molecule has 0 aliphatic carbocycles. The van der Waals surface area contributed by atoms with Gasteiger partial charge in [0.05, 0.1) is 0 Å². The Kier molecular flexibility index (Phi) is 3.97. The van der Waals surface area contributed by atoms with Crippen molar-refractivity contribution in [2.45, 2.75) is 41.5 Å². The largest absolute Gasteiger partial charge is 0.367 e. The molecule has 0 amide bonds. The number of hydrogen-bond acceptors (Lipinski definition) is 2. The summed E-state index contributed by atoms with van der Waals surface area (Å²) < 4.78 is 14.2. The fourth-order valence-corrected chi connectivity index (χ4v) is 6.61. The highest BCUT2D eigenvalue weighted by molar-refractivity contribution is 7.79. The summed E-state index contributed by atoms with van der Waals surface area (Å²) in [6, 6.07) is 9.89. The van der Waals surface area contributed by atoms with Crippen LogP contribution in [0.15, 0.2) is 53.4 Å². The van der Waals surface area contributed by atoms with Crippen LogP contribution in [0.4, 0.5) is 0 Å². The lowest BCUT2D eigenvalue weighted by atomic mass is 9.95. The van der Waals surface area contributed by atoms with Gasteiger partial charge in [-0.05, 0) is 10.8 Å². The third kappa shape index (κ3) is 2.87. The normalized spacial score (nSPS) is 18.6. The lowest BCUT2D eigenvalue weighted by Gasteiger charge is -2.39. The van der Waals surface area contributed by atoms with Crippen molar-refractivity contribution < 1.29 is 4.57 Å². The van der Waals surface area contributed by atoms with Crippen LogP contribution in [-0.4, -0.2) is 0 Å². The van der Waals surface area contributed by atoms with Crippen LogP contribution in [0.25, 0.3) is 0 Å². The molecule has 21 heavy (non-hydrogen) atoms. The number of nitrogens with one attached hydrogen (secondary N) is 1. The third-order valence-electron chi connectivity index (χ3n) is 3.78. The molecule has 0 radical (unpaired) electrons. The zero-order valence-electron chi connectivity index (χ0n) is 13.9. The molecule has 114 valence electrons. The smallest absolute Gasteiger partial charge is 0.167 e. The lowest BCUT2D eigenvalue weighted by molar-refractivity contribution is 0.490. The van der Waals surface area contributed by atoms with E-state index < -0.39 is 7.14 Å². The predicted octanol–water partition coefficient (Wildman–Crippen LogP) is 5.05. The molecular weight excluding hydrogens is 277 g/mol. The van der Waals surface area contributed by atoms with E-state index >= 15 is 0 Å². The Bertz CT molecular complexity index is 593. The van der Waals surface area contributed by atoms with Gasteiger partial charge in [-0.2, -0.15) is 0 Å². The number of hydrogen-bond donors (Lipinski definition) is 1. The van der Waals surface area contributed by atoms with Crippen molar-refractivity contribution in [2.24, 2.45) is 10.8 Å². The predicted molar refractivity (Wildman–Crippen MR) is 91.9 cm³/mol. The van der Waals surface area contributed by atoms with Gasteiger partial charge in [0.25, 0.3) is 0 Å². The Morgan fingerprint density at radius 3 is 1.62 bits per heavy atom. The van der Waals surface area contributed by atoms with Crippen molar-refractivity contribution in [3.05, 3.63) is 53.4 Å². The van der Waals surface area contributed by atoms with E-state index in [0.29, 0.717) is 0 Å². The molecule has 1 heterocycles. The van der Waals surface area contributed by atoms with E-state index in [-0.39, 0.29) is 10.8 Å². The molecule has 2 nitrogen and oxygen atoms in total. The van der Waals surface area contributed by atoms with Gasteiger partial charge in [-0.1, -0.05) is 71.9 Å². The fraction of sp³-hybridized carbons (Fsp3) is 0.444. The Hall–Kier alpha value is -1.27. The second kappa shape index (κ2) is 5.18. The highest BCUT2D eigenvalue weighted by Crippen LogP contribution is 2.69. The summed E-state index contributed by atoms with van der Waals surface area (Å²) in [5, 5.41) is 6.14. The first kappa shape index (κ1) is 16.1. The molecule has 0 saturated heterocycles. The van der Waals surface area contributed by atoms with Crippen LogP contribution in [0.2, 0.25) is 0 Å². The van der Waals surface area contributed by atoms with E-state index in [1.165, 1.54) is 0 Å². The van der Waals surface area contributed by atoms with Crippen molar-refractivity contribution in [2.75, 3.05) is 0 Å². The highest BCUT2D eigenvalue weighted by Gasteiger charge is 2.44. The monoisotopic (exact) mass is 303 g/mol. The van der Waals surface area contributed by atoms with E-state index in [2.05, 4.69) is 46.9 Å². The maximum absolute atomic E-state index is 14.2. The molecule has 1 aromatic rings. The summed E-state index contributed by atoms with van der Waals surface area (Å²) in [5.41, 5.74) is -0.299. The standard InChI is InChI=1S/C18H26NOP/c1-17(2,3)15-12-19-13-16(18(4,5)6)21(15,20)14-10-8-7-9-11-14/h7-13,19H,1-6H3. The molecule has 0 saturated carbocycles. The van der Waals surface area contributed by atoms with Crippen LogP contribution >= 0.6 is 7.14 Å². The fourth-order valence-electron chi connectivity index (χ4n) is 2.80. The van der Waals surface area contributed by atoms with Crippen molar-refractivity contribution in [3.8, 4) is 0 Å².